The van der Waals surface area contributed by atoms with E-state index in [0.29, 0.717) is 0 Å². The Labute approximate surface area is 70.1 Å². The molecule has 0 radical (unpaired) electrons. The van der Waals surface area contributed by atoms with Gasteiger partial charge in [0.15, 0.2) is 0 Å². The van der Waals surface area contributed by atoms with E-state index < -0.39 is 0 Å². The van der Waals surface area contributed by atoms with Crippen LogP contribution in [0, 0.1) is 0 Å². The average molecular weight is 156 g/mol. The topological polar surface area (TPSA) is 20.2 Å². The summed E-state index contributed by atoms with van der Waals surface area (Å²) in [5, 5.41) is 8.87. The number of hydrogen-bond acceptors (Lipinski definition) is 1. The smallest absolute Gasteiger partial charge is 0.0692 e. The summed E-state index contributed by atoms with van der Waals surface area (Å²) in [5.41, 5.74) is 0. The molecule has 0 bridgehead atoms. The molecule has 0 fully saturated rings. The molecule has 1 heteroatoms. The van der Waals surface area contributed by atoms with Crippen molar-refractivity contribution >= 4 is 0 Å². The minimum absolute atomic E-state index is 0.277. The molecule has 66 valence electrons. The van der Waals surface area contributed by atoms with Gasteiger partial charge in [-0.1, -0.05) is 38.3 Å². The average Bonchev–Trinajstić information content (AvgIpc) is 1.96. The molecule has 0 aromatic heterocycles. The normalized spacial score (nSPS) is 14.1. The van der Waals surface area contributed by atoms with Crippen LogP contribution >= 0.6 is 0 Å². The summed E-state index contributed by atoms with van der Waals surface area (Å²) in [6.45, 7) is 3.99. The molecule has 11 heavy (non-hydrogen) atoms. The largest absolute Gasteiger partial charge is 0.389 e. The minimum atomic E-state index is -0.277. The van der Waals surface area contributed by atoms with Gasteiger partial charge in [-0.15, -0.1) is 0 Å². The van der Waals surface area contributed by atoms with Gasteiger partial charge in [0.1, 0.15) is 0 Å². The van der Waals surface area contributed by atoms with Gasteiger partial charge in [-0.3, -0.25) is 0 Å². The Morgan fingerprint density at radius 2 is 2.00 bits per heavy atom. The van der Waals surface area contributed by atoms with Crippen molar-refractivity contribution in [2.24, 2.45) is 0 Å². The zero-order valence-corrected chi connectivity index (χ0v) is 7.71. The first-order valence-corrected chi connectivity index (χ1v) is 4.62. The van der Waals surface area contributed by atoms with Gasteiger partial charge in [0.05, 0.1) is 6.10 Å². The number of aliphatic hydroxyl groups excluding tert-OH is 1. The van der Waals surface area contributed by atoms with Gasteiger partial charge in [0.2, 0.25) is 0 Å². The fourth-order valence-electron chi connectivity index (χ4n) is 0.982. The molecule has 0 unspecified atom stereocenters. The lowest BCUT2D eigenvalue weighted by Crippen LogP contribution is -1.91. The van der Waals surface area contributed by atoms with E-state index in [1.807, 2.05) is 6.08 Å². The van der Waals surface area contributed by atoms with Crippen LogP contribution in [0.1, 0.15) is 46.0 Å². The van der Waals surface area contributed by atoms with E-state index in [-0.39, 0.29) is 6.10 Å². The third-order valence-electron chi connectivity index (χ3n) is 1.64. The third kappa shape index (κ3) is 9.70. The van der Waals surface area contributed by atoms with Crippen LogP contribution in [0.3, 0.4) is 0 Å². The zero-order chi connectivity index (χ0) is 8.53. The Morgan fingerprint density at radius 3 is 2.55 bits per heavy atom. The molecule has 0 rings (SSSR count). The van der Waals surface area contributed by atoms with Crippen LogP contribution in [0.2, 0.25) is 0 Å². The minimum Gasteiger partial charge on any atom is -0.389 e. The molecular weight excluding hydrogens is 136 g/mol. The SMILES string of the molecule is CCCCCCC=C[C@H](C)O. The first kappa shape index (κ1) is 10.7. The highest BCUT2D eigenvalue weighted by Crippen LogP contribution is 2.02. The third-order valence-corrected chi connectivity index (χ3v) is 1.64. The summed E-state index contributed by atoms with van der Waals surface area (Å²) < 4.78 is 0. The zero-order valence-electron chi connectivity index (χ0n) is 7.71. The maximum Gasteiger partial charge on any atom is 0.0692 e. The maximum absolute atomic E-state index is 8.87. The van der Waals surface area contributed by atoms with Crippen LogP contribution in [0.15, 0.2) is 12.2 Å². The van der Waals surface area contributed by atoms with Crippen molar-refractivity contribution in [1.82, 2.24) is 0 Å². The van der Waals surface area contributed by atoms with Crippen LogP contribution in [-0.4, -0.2) is 11.2 Å². The first-order chi connectivity index (χ1) is 5.27. The molecule has 0 spiro atoms. The molecule has 1 nitrogen and oxygen atoms in total. The monoisotopic (exact) mass is 156 g/mol. The van der Waals surface area contributed by atoms with Crippen LogP contribution in [-0.2, 0) is 0 Å². The maximum atomic E-state index is 8.87. The van der Waals surface area contributed by atoms with E-state index in [4.69, 9.17) is 5.11 Å². The van der Waals surface area contributed by atoms with Crippen molar-refractivity contribution < 1.29 is 5.11 Å². The molecule has 0 aliphatic heterocycles. The van der Waals surface area contributed by atoms with Gasteiger partial charge in [-0.25, -0.2) is 0 Å². The van der Waals surface area contributed by atoms with Crippen molar-refractivity contribution in [2.75, 3.05) is 0 Å². The molecule has 1 N–H and O–H groups in total. The molecule has 0 saturated carbocycles. The van der Waals surface area contributed by atoms with E-state index in [2.05, 4.69) is 13.0 Å². The van der Waals surface area contributed by atoms with E-state index in [1.54, 1.807) is 6.92 Å². The number of rotatable bonds is 6. The highest BCUT2D eigenvalue weighted by Gasteiger charge is 1.86. The van der Waals surface area contributed by atoms with Crippen molar-refractivity contribution in [2.45, 2.75) is 52.1 Å². The van der Waals surface area contributed by atoms with Gasteiger partial charge >= 0.3 is 0 Å². The second-order valence-corrected chi connectivity index (χ2v) is 3.02. The lowest BCUT2D eigenvalue weighted by atomic mass is 10.1. The quantitative estimate of drug-likeness (QED) is 0.463. The lowest BCUT2D eigenvalue weighted by molar-refractivity contribution is 0.244. The molecule has 0 amide bonds. The van der Waals surface area contributed by atoms with Crippen molar-refractivity contribution in [1.29, 1.82) is 0 Å². The second kappa shape index (κ2) is 7.80. The summed E-state index contributed by atoms with van der Waals surface area (Å²) in [6, 6.07) is 0. The van der Waals surface area contributed by atoms with Crippen molar-refractivity contribution in [3.63, 3.8) is 0 Å². The summed E-state index contributed by atoms with van der Waals surface area (Å²) in [4.78, 5) is 0. The Morgan fingerprint density at radius 1 is 1.27 bits per heavy atom. The summed E-state index contributed by atoms with van der Waals surface area (Å²) in [5.74, 6) is 0. The summed E-state index contributed by atoms with van der Waals surface area (Å²) in [7, 11) is 0. The van der Waals surface area contributed by atoms with E-state index in [9.17, 15) is 0 Å². The van der Waals surface area contributed by atoms with Crippen LogP contribution in [0.4, 0.5) is 0 Å². The Hall–Kier alpha value is -0.300. The second-order valence-electron chi connectivity index (χ2n) is 3.02. The van der Waals surface area contributed by atoms with Crippen LogP contribution in [0.5, 0.6) is 0 Å². The van der Waals surface area contributed by atoms with Gasteiger partial charge in [-0.05, 0) is 19.8 Å². The Bertz CT molecular complexity index is 95.0. The summed E-state index contributed by atoms with van der Waals surface area (Å²) >= 11 is 0. The van der Waals surface area contributed by atoms with Gasteiger partial charge < -0.3 is 5.11 Å². The highest BCUT2D eigenvalue weighted by atomic mass is 16.3. The predicted octanol–water partition coefficient (Wildman–Crippen LogP) is 2.89. The van der Waals surface area contributed by atoms with Gasteiger partial charge in [0.25, 0.3) is 0 Å². The number of unbranched alkanes of at least 4 members (excludes halogenated alkanes) is 4. The summed E-state index contributed by atoms with van der Waals surface area (Å²) in [6.07, 6.45) is 9.97. The Kier molecular flexibility index (Phi) is 7.59. The fourth-order valence-corrected chi connectivity index (χ4v) is 0.982. The van der Waals surface area contributed by atoms with Crippen LogP contribution in [0.25, 0.3) is 0 Å². The van der Waals surface area contributed by atoms with E-state index >= 15 is 0 Å². The first-order valence-electron chi connectivity index (χ1n) is 4.62. The number of hydrogen-bond donors (Lipinski definition) is 1. The van der Waals surface area contributed by atoms with Crippen molar-refractivity contribution in [3.8, 4) is 0 Å². The number of aliphatic hydroxyl groups is 1. The molecule has 0 aromatic rings. The van der Waals surface area contributed by atoms with E-state index in [0.717, 1.165) is 6.42 Å². The predicted molar refractivity (Wildman–Crippen MR) is 49.6 cm³/mol. The lowest BCUT2D eigenvalue weighted by Gasteiger charge is -1.95. The van der Waals surface area contributed by atoms with Crippen molar-refractivity contribution in [3.05, 3.63) is 12.2 Å². The fraction of sp³-hybridized carbons (Fsp3) is 0.800. The Balaban J connectivity index is 3.01. The molecule has 0 aliphatic carbocycles. The molecular formula is C10H20O. The highest BCUT2D eigenvalue weighted by molar-refractivity contribution is 4.85. The molecule has 1 atom stereocenters. The van der Waals surface area contributed by atoms with Crippen LogP contribution < -0.4 is 0 Å². The molecule has 0 aliphatic rings. The van der Waals surface area contributed by atoms with Gasteiger partial charge in [-0.2, -0.15) is 0 Å². The standard InChI is InChI=1S/C10H20O/c1-3-4-5-6-7-8-9-10(2)11/h8-11H,3-7H2,1-2H3/t10-/m0/s1. The molecule has 0 saturated heterocycles. The number of allylic oxidation sites excluding steroid dienone is 1. The van der Waals surface area contributed by atoms with E-state index in [1.165, 1.54) is 25.7 Å². The molecule has 0 heterocycles. The van der Waals surface area contributed by atoms with Gasteiger partial charge in [0, 0.05) is 0 Å². The molecule has 0 aromatic carbocycles.